The molecule has 19 heavy (non-hydrogen) atoms. The van der Waals surface area contributed by atoms with E-state index in [0.717, 1.165) is 16.9 Å². The molecule has 0 bridgehead atoms. The van der Waals surface area contributed by atoms with Gasteiger partial charge in [-0.15, -0.1) is 0 Å². The second-order valence-electron chi connectivity index (χ2n) is 4.15. The first-order valence-electron chi connectivity index (χ1n) is 6.30. The average Bonchev–Trinajstić information content (AvgIpc) is 2.47. The molecule has 3 nitrogen and oxygen atoms in total. The Morgan fingerprint density at radius 2 is 1.74 bits per heavy atom. The molecule has 2 aromatic rings. The second-order valence-corrected chi connectivity index (χ2v) is 4.15. The lowest BCUT2D eigenvalue weighted by molar-refractivity contribution is 0.212. The summed E-state index contributed by atoms with van der Waals surface area (Å²) in [5.74, 6) is 1.49. The van der Waals surface area contributed by atoms with Gasteiger partial charge in [0.15, 0.2) is 0 Å². The van der Waals surface area contributed by atoms with Gasteiger partial charge in [0, 0.05) is 5.56 Å². The van der Waals surface area contributed by atoms with Crippen molar-refractivity contribution in [2.75, 3.05) is 13.7 Å². The molecular weight excluding hydrogens is 240 g/mol. The highest BCUT2D eigenvalue weighted by Gasteiger charge is 2.15. The number of aliphatic hydroxyl groups is 1. The monoisotopic (exact) mass is 258 g/mol. The fourth-order valence-corrected chi connectivity index (χ4v) is 1.96. The van der Waals surface area contributed by atoms with E-state index in [1.807, 2.05) is 55.5 Å². The van der Waals surface area contributed by atoms with Crippen molar-refractivity contribution < 1.29 is 14.6 Å². The summed E-state index contributed by atoms with van der Waals surface area (Å²) in [6.07, 6.45) is -0.700. The summed E-state index contributed by atoms with van der Waals surface area (Å²) >= 11 is 0. The van der Waals surface area contributed by atoms with E-state index in [-0.39, 0.29) is 0 Å². The van der Waals surface area contributed by atoms with E-state index in [1.165, 1.54) is 0 Å². The van der Waals surface area contributed by atoms with Crippen LogP contribution in [0, 0.1) is 0 Å². The molecule has 0 aliphatic heterocycles. The van der Waals surface area contributed by atoms with E-state index in [9.17, 15) is 5.11 Å². The molecule has 0 amide bonds. The lowest BCUT2D eigenvalue weighted by atomic mass is 10.0. The van der Waals surface area contributed by atoms with Crippen molar-refractivity contribution in [2.24, 2.45) is 0 Å². The Labute approximate surface area is 113 Å². The van der Waals surface area contributed by atoms with Crippen molar-refractivity contribution in [3.63, 3.8) is 0 Å². The molecule has 0 aliphatic rings. The normalized spacial score (nSPS) is 11.9. The van der Waals surface area contributed by atoms with Crippen molar-refractivity contribution in [3.8, 4) is 11.5 Å². The summed E-state index contributed by atoms with van der Waals surface area (Å²) in [4.78, 5) is 0. The molecule has 1 unspecified atom stereocenters. The maximum Gasteiger partial charge on any atom is 0.125 e. The van der Waals surface area contributed by atoms with E-state index < -0.39 is 6.10 Å². The molecule has 3 heteroatoms. The molecule has 0 aromatic heterocycles. The molecule has 1 atom stereocenters. The van der Waals surface area contributed by atoms with Crippen LogP contribution in [-0.4, -0.2) is 18.8 Å². The summed E-state index contributed by atoms with van der Waals surface area (Å²) < 4.78 is 10.7. The number of aliphatic hydroxyl groups excluding tert-OH is 1. The van der Waals surface area contributed by atoms with Crippen molar-refractivity contribution in [1.82, 2.24) is 0 Å². The van der Waals surface area contributed by atoms with Crippen LogP contribution in [0.1, 0.15) is 24.2 Å². The minimum atomic E-state index is -0.700. The Bertz CT molecular complexity index is 520. The first-order chi connectivity index (χ1) is 9.26. The first kappa shape index (κ1) is 13.4. The van der Waals surface area contributed by atoms with Gasteiger partial charge in [0.1, 0.15) is 17.6 Å². The molecule has 2 aromatic carbocycles. The van der Waals surface area contributed by atoms with Gasteiger partial charge in [-0.25, -0.2) is 0 Å². The maximum atomic E-state index is 10.4. The SMILES string of the molecule is CCOc1ccccc1C(O)c1ccc(OC)cc1. The number of hydrogen-bond donors (Lipinski definition) is 1. The molecule has 0 saturated heterocycles. The zero-order valence-corrected chi connectivity index (χ0v) is 11.2. The van der Waals surface area contributed by atoms with Gasteiger partial charge >= 0.3 is 0 Å². The van der Waals surface area contributed by atoms with Crippen LogP contribution in [0.25, 0.3) is 0 Å². The van der Waals surface area contributed by atoms with Crippen LogP contribution in [-0.2, 0) is 0 Å². The number of para-hydroxylation sites is 1. The fourth-order valence-electron chi connectivity index (χ4n) is 1.96. The Morgan fingerprint density at radius 3 is 2.37 bits per heavy atom. The second kappa shape index (κ2) is 6.25. The van der Waals surface area contributed by atoms with Crippen molar-refractivity contribution in [3.05, 3.63) is 59.7 Å². The van der Waals surface area contributed by atoms with Gasteiger partial charge in [0.2, 0.25) is 0 Å². The number of rotatable bonds is 5. The number of ether oxygens (including phenoxy) is 2. The van der Waals surface area contributed by atoms with E-state index >= 15 is 0 Å². The van der Waals surface area contributed by atoms with Crippen LogP contribution in [0.15, 0.2) is 48.5 Å². The lowest BCUT2D eigenvalue weighted by Crippen LogP contribution is -2.03. The number of hydrogen-bond acceptors (Lipinski definition) is 3. The molecule has 0 saturated carbocycles. The molecule has 0 aliphatic carbocycles. The maximum absolute atomic E-state index is 10.4. The van der Waals surface area contributed by atoms with Gasteiger partial charge in [-0.3, -0.25) is 0 Å². The average molecular weight is 258 g/mol. The molecule has 0 heterocycles. The molecule has 0 spiro atoms. The van der Waals surface area contributed by atoms with Crippen molar-refractivity contribution in [1.29, 1.82) is 0 Å². The lowest BCUT2D eigenvalue weighted by Gasteiger charge is -2.16. The van der Waals surface area contributed by atoms with E-state index in [2.05, 4.69) is 0 Å². The van der Waals surface area contributed by atoms with Gasteiger partial charge in [-0.1, -0.05) is 30.3 Å². The Kier molecular flexibility index (Phi) is 4.42. The Morgan fingerprint density at radius 1 is 1.05 bits per heavy atom. The van der Waals surface area contributed by atoms with Crippen LogP contribution >= 0.6 is 0 Å². The minimum Gasteiger partial charge on any atom is -0.497 e. The summed E-state index contributed by atoms with van der Waals surface area (Å²) in [6.45, 7) is 2.50. The van der Waals surface area contributed by atoms with E-state index in [1.54, 1.807) is 7.11 Å². The predicted octanol–water partition coefficient (Wildman–Crippen LogP) is 3.18. The Balaban J connectivity index is 2.29. The topological polar surface area (TPSA) is 38.7 Å². The highest BCUT2D eigenvalue weighted by molar-refractivity contribution is 5.41. The minimum absolute atomic E-state index is 0.576. The van der Waals surface area contributed by atoms with Gasteiger partial charge in [-0.2, -0.15) is 0 Å². The predicted molar refractivity (Wildman–Crippen MR) is 74.7 cm³/mol. The van der Waals surface area contributed by atoms with E-state index in [0.29, 0.717) is 12.4 Å². The van der Waals surface area contributed by atoms with Crippen LogP contribution in [0.2, 0.25) is 0 Å². The largest absolute Gasteiger partial charge is 0.497 e. The summed E-state index contributed by atoms with van der Waals surface area (Å²) in [6, 6.07) is 14.9. The third-order valence-corrected chi connectivity index (χ3v) is 2.94. The zero-order valence-electron chi connectivity index (χ0n) is 11.2. The van der Waals surface area contributed by atoms with Crippen LogP contribution in [0.3, 0.4) is 0 Å². The molecule has 1 N–H and O–H groups in total. The highest BCUT2D eigenvalue weighted by Crippen LogP contribution is 2.30. The summed E-state index contributed by atoms with van der Waals surface area (Å²) in [7, 11) is 1.62. The zero-order chi connectivity index (χ0) is 13.7. The highest BCUT2D eigenvalue weighted by atomic mass is 16.5. The molecule has 100 valence electrons. The fraction of sp³-hybridized carbons (Fsp3) is 0.250. The molecule has 0 fully saturated rings. The third kappa shape index (κ3) is 3.06. The summed E-state index contributed by atoms with van der Waals surface area (Å²) in [5.41, 5.74) is 1.59. The molecule has 2 rings (SSSR count). The van der Waals surface area contributed by atoms with Crippen molar-refractivity contribution in [2.45, 2.75) is 13.0 Å². The number of methoxy groups -OCH3 is 1. The van der Waals surface area contributed by atoms with E-state index in [4.69, 9.17) is 9.47 Å². The van der Waals surface area contributed by atoms with Crippen LogP contribution < -0.4 is 9.47 Å². The van der Waals surface area contributed by atoms with Gasteiger partial charge in [0.25, 0.3) is 0 Å². The first-order valence-corrected chi connectivity index (χ1v) is 6.30. The standard InChI is InChI=1S/C16H18O3/c1-3-19-15-7-5-4-6-14(15)16(17)12-8-10-13(18-2)11-9-12/h4-11,16-17H,3H2,1-2H3. The van der Waals surface area contributed by atoms with Gasteiger partial charge in [-0.05, 0) is 30.7 Å². The summed E-state index contributed by atoms with van der Waals surface area (Å²) in [5, 5.41) is 10.4. The Hall–Kier alpha value is -2.00. The van der Waals surface area contributed by atoms with Crippen LogP contribution in [0.5, 0.6) is 11.5 Å². The van der Waals surface area contributed by atoms with Gasteiger partial charge in [0.05, 0.1) is 13.7 Å². The quantitative estimate of drug-likeness (QED) is 0.895. The smallest absolute Gasteiger partial charge is 0.125 e. The third-order valence-electron chi connectivity index (χ3n) is 2.94. The van der Waals surface area contributed by atoms with Crippen molar-refractivity contribution >= 4 is 0 Å². The van der Waals surface area contributed by atoms with Crippen LogP contribution in [0.4, 0.5) is 0 Å². The number of benzene rings is 2. The molecule has 0 radical (unpaired) electrons. The van der Waals surface area contributed by atoms with Gasteiger partial charge < -0.3 is 14.6 Å². The molecular formula is C16H18O3.